The number of para-hydroxylation sites is 2. The minimum absolute atomic E-state index is 0.000163. The topological polar surface area (TPSA) is 62.5 Å². The Balaban J connectivity index is 2.44. The fraction of sp³-hybridized carbons (Fsp3) is 0.133. The van der Waals surface area contributed by atoms with Crippen molar-refractivity contribution in [2.75, 3.05) is 0 Å². The number of phenolic OH excluding ortho intramolecular Hbond substituents is 1. The number of carbonyl (C=O) groups excluding carboxylic acids is 1. The molecule has 0 spiro atoms. The molecule has 0 amide bonds. The second-order valence-corrected chi connectivity index (χ2v) is 4.14. The first-order chi connectivity index (χ1) is 9.16. The van der Waals surface area contributed by atoms with Gasteiger partial charge in [0.25, 0.3) is 0 Å². The van der Waals surface area contributed by atoms with Gasteiger partial charge < -0.3 is 5.11 Å². The fourth-order valence-corrected chi connectivity index (χ4v) is 1.66. The van der Waals surface area contributed by atoms with Crippen LogP contribution in [0.3, 0.4) is 0 Å². The van der Waals surface area contributed by atoms with Gasteiger partial charge in [0, 0.05) is 6.20 Å². The van der Waals surface area contributed by atoms with E-state index in [4.69, 9.17) is 0 Å². The number of aromatic hydroxyl groups is 1. The van der Waals surface area contributed by atoms with Gasteiger partial charge in [-0.25, -0.2) is 4.99 Å². The van der Waals surface area contributed by atoms with Crippen molar-refractivity contribution in [3.05, 3.63) is 54.4 Å². The number of carbonyl (C=O) groups is 1. The highest BCUT2D eigenvalue weighted by atomic mass is 16.3. The zero-order valence-corrected chi connectivity index (χ0v) is 10.6. The lowest BCUT2D eigenvalue weighted by Gasteiger charge is -2.05. The van der Waals surface area contributed by atoms with Crippen LogP contribution in [-0.2, 0) is 4.79 Å². The number of rotatable bonds is 4. The molecule has 0 aliphatic heterocycles. The molecule has 96 valence electrons. The monoisotopic (exact) mass is 254 g/mol. The molecule has 0 saturated carbocycles. The van der Waals surface area contributed by atoms with E-state index in [1.807, 2.05) is 6.07 Å². The Morgan fingerprint density at radius 1 is 1.21 bits per heavy atom. The van der Waals surface area contributed by atoms with Crippen molar-refractivity contribution in [1.82, 2.24) is 4.98 Å². The molecule has 1 heterocycles. The summed E-state index contributed by atoms with van der Waals surface area (Å²) in [4.78, 5) is 19.9. The summed E-state index contributed by atoms with van der Waals surface area (Å²) in [5.41, 5.74) is 1.62. The molecule has 0 aliphatic carbocycles. The molecule has 4 nitrogen and oxygen atoms in total. The standard InChI is InChI=1S/C15H14N2O2/c1-11(18)10-14(12-6-4-5-9-16-12)17-13-7-2-3-8-15(13)19/h2-9,19H,10H2,1H3. The molecule has 0 aliphatic rings. The van der Waals surface area contributed by atoms with Gasteiger partial charge in [-0.15, -0.1) is 0 Å². The fourth-order valence-electron chi connectivity index (χ4n) is 1.66. The first-order valence-electron chi connectivity index (χ1n) is 5.93. The molecular weight excluding hydrogens is 240 g/mol. The maximum absolute atomic E-state index is 11.3. The minimum atomic E-state index is -0.000163. The number of pyridine rings is 1. The summed E-state index contributed by atoms with van der Waals surface area (Å²) in [6.07, 6.45) is 1.83. The van der Waals surface area contributed by atoms with Crippen LogP contribution in [0.25, 0.3) is 0 Å². The number of Topliss-reactive ketones (excluding diaryl/α,β-unsaturated/α-hetero) is 1. The molecule has 0 fully saturated rings. The summed E-state index contributed by atoms with van der Waals surface area (Å²) in [6.45, 7) is 1.50. The third-order valence-electron chi connectivity index (χ3n) is 2.51. The number of nitrogens with zero attached hydrogens (tertiary/aromatic N) is 2. The molecule has 0 atom stereocenters. The largest absolute Gasteiger partial charge is 0.506 e. The quantitative estimate of drug-likeness (QED) is 0.853. The molecule has 4 heteroatoms. The summed E-state index contributed by atoms with van der Waals surface area (Å²) in [7, 11) is 0. The van der Waals surface area contributed by atoms with Crippen LogP contribution in [0.1, 0.15) is 19.0 Å². The third-order valence-corrected chi connectivity index (χ3v) is 2.51. The van der Waals surface area contributed by atoms with Crippen LogP contribution >= 0.6 is 0 Å². The summed E-state index contributed by atoms with van der Waals surface area (Å²) in [6, 6.07) is 12.2. The molecule has 2 aromatic rings. The van der Waals surface area contributed by atoms with E-state index in [1.165, 1.54) is 6.92 Å². The Kier molecular flexibility index (Phi) is 4.03. The van der Waals surface area contributed by atoms with Crippen LogP contribution in [-0.4, -0.2) is 21.6 Å². The van der Waals surface area contributed by atoms with Crippen LogP contribution in [0.4, 0.5) is 5.69 Å². The first-order valence-corrected chi connectivity index (χ1v) is 5.93. The van der Waals surface area contributed by atoms with Crippen LogP contribution in [0.15, 0.2) is 53.7 Å². The zero-order chi connectivity index (χ0) is 13.7. The molecule has 2 rings (SSSR count). The van der Waals surface area contributed by atoms with E-state index in [-0.39, 0.29) is 18.0 Å². The van der Waals surface area contributed by atoms with Gasteiger partial charge >= 0.3 is 0 Å². The van der Waals surface area contributed by atoms with Gasteiger partial charge in [-0.2, -0.15) is 0 Å². The number of ketones is 1. The highest BCUT2D eigenvalue weighted by molar-refractivity contribution is 6.10. The second kappa shape index (κ2) is 5.91. The Labute approximate surface area is 111 Å². The lowest BCUT2D eigenvalue weighted by Crippen LogP contribution is -2.08. The highest BCUT2D eigenvalue weighted by Crippen LogP contribution is 2.26. The second-order valence-electron chi connectivity index (χ2n) is 4.14. The Morgan fingerprint density at radius 3 is 2.58 bits per heavy atom. The van der Waals surface area contributed by atoms with Gasteiger partial charge in [0.1, 0.15) is 17.2 Å². The van der Waals surface area contributed by atoms with Crippen molar-refractivity contribution in [2.45, 2.75) is 13.3 Å². The van der Waals surface area contributed by atoms with E-state index in [2.05, 4.69) is 9.98 Å². The lowest BCUT2D eigenvalue weighted by molar-refractivity contribution is -0.115. The summed E-state index contributed by atoms with van der Waals surface area (Å²) < 4.78 is 0. The van der Waals surface area contributed by atoms with Crippen molar-refractivity contribution in [1.29, 1.82) is 0 Å². The van der Waals surface area contributed by atoms with Crippen LogP contribution in [0.5, 0.6) is 5.75 Å². The van der Waals surface area contributed by atoms with Crippen molar-refractivity contribution in [3.63, 3.8) is 0 Å². The van der Waals surface area contributed by atoms with Gasteiger partial charge in [0.05, 0.1) is 17.8 Å². The van der Waals surface area contributed by atoms with Crippen molar-refractivity contribution in [3.8, 4) is 5.75 Å². The Hall–Kier alpha value is -2.49. The number of hydrogen-bond acceptors (Lipinski definition) is 4. The van der Waals surface area contributed by atoms with Crippen LogP contribution in [0, 0.1) is 0 Å². The van der Waals surface area contributed by atoms with E-state index >= 15 is 0 Å². The summed E-state index contributed by atoms with van der Waals surface area (Å²) >= 11 is 0. The maximum Gasteiger partial charge on any atom is 0.141 e. The third kappa shape index (κ3) is 3.48. The normalized spacial score (nSPS) is 11.3. The predicted octanol–water partition coefficient (Wildman–Crippen LogP) is 2.89. The molecule has 1 N–H and O–H groups in total. The van der Waals surface area contributed by atoms with Crippen LogP contribution in [0.2, 0.25) is 0 Å². The van der Waals surface area contributed by atoms with Gasteiger partial charge in [-0.3, -0.25) is 9.78 Å². The van der Waals surface area contributed by atoms with E-state index in [0.29, 0.717) is 17.1 Å². The molecule has 0 saturated heterocycles. The lowest BCUT2D eigenvalue weighted by atomic mass is 10.1. The number of hydrogen-bond donors (Lipinski definition) is 1. The average molecular weight is 254 g/mol. The number of aromatic nitrogens is 1. The predicted molar refractivity (Wildman–Crippen MR) is 73.8 cm³/mol. The van der Waals surface area contributed by atoms with Gasteiger partial charge in [0.15, 0.2) is 0 Å². The van der Waals surface area contributed by atoms with Crippen molar-refractivity contribution < 1.29 is 9.90 Å². The molecular formula is C15H14N2O2. The number of phenols is 1. The molecule has 0 radical (unpaired) electrons. The minimum Gasteiger partial charge on any atom is -0.506 e. The molecule has 0 unspecified atom stereocenters. The number of aliphatic imine (C=N–C) groups is 1. The zero-order valence-electron chi connectivity index (χ0n) is 10.6. The number of benzene rings is 1. The van der Waals surface area contributed by atoms with E-state index in [1.54, 1.807) is 42.6 Å². The van der Waals surface area contributed by atoms with E-state index < -0.39 is 0 Å². The van der Waals surface area contributed by atoms with E-state index in [9.17, 15) is 9.90 Å². The average Bonchev–Trinajstić information content (AvgIpc) is 2.41. The van der Waals surface area contributed by atoms with Gasteiger partial charge in [-0.1, -0.05) is 18.2 Å². The van der Waals surface area contributed by atoms with Gasteiger partial charge in [-0.05, 0) is 31.2 Å². The Morgan fingerprint density at radius 2 is 1.95 bits per heavy atom. The maximum atomic E-state index is 11.3. The van der Waals surface area contributed by atoms with E-state index in [0.717, 1.165) is 0 Å². The molecule has 0 bridgehead atoms. The first kappa shape index (κ1) is 13.0. The molecule has 19 heavy (non-hydrogen) atoms. The summed E-state index contributed by atoms with van der Waals surface area (Å²) in [5.74, 6) is 0.0827. The molecule has 1 aromatic carbocycles. The summed E-state index contributed by atoms with van der Waals surface area (Å²) in [5, 5.41) is 9.73. The Bertz CT molecular complexity index is 607. The highest BCUT2D eigenvalue weighted by Gasteiger charge is 2.09. The van der Waals surface area contributed by atoms with Gasteiger partial charge in [0.2, 0.25) is 0 Å². The smallest absolute Gasteiger partial charge is 0.141 e. The molecule has 1 aromatic heterocycles. The van der Waals surface area contributed by atoms with Crippen molar-refractivity contribution >= 4 is 17.2 Å². The van der Waals surface area contributed by atoms with Crippen LogP contribution < -0.4 is 0 Å². The SMILES string of the molecule is CC(=O)CC(=Nc1ccccc1O)c1ccccn1. The van der Waals surface area contributed by atoms with Crippen molar-refractivity contribution in [2.24, 2.45) is 4.99 Å².